The predicted octanol–water partition coefficient (Wildman–Crippen LogP) is 3.69. The molecule has 0 radical (unpaired) electrons. The first-order chi connectivity index (χ1) is 9.55. The molecule has 2 rings (SSSR count). The summed E-state index contributed by atoms with van der Waals surface area (Å²) in [7, 11) is 3.06. The van der Waals surface area contributed by atoms with E-state index in [0.717, 1.165) is 0 Å². The molecule has 2 aromatic rings. The first-order valence-corrected chi connectivity index (χ1v) is 6.70. The Bertz CT molecular complexity index is 594. The minimum absolute atomic E-state index is 0.358. The number of hydrogen-bond acceptors (Lipinski definition) is 3. The number of methoxy groups -OCH3 is 2. The fourth-order valence-corrected chi connectivity index (χ4v) is 2.11. The van der Waals surface area contributed by atoms with Crippen molar-refractivity contribution in [2.45, 2.75) is 6.10 Å². The molecule has 1 unspecified atom stereocenters. The van der Waals surface area contributed by atoms with Crippen LogP contribution in [0.2, 0.25) is 0 Å². The molecule has 2 aromatic carbocycles. The van der Waals surface area contributed by atoms with Crippen LogP contribution >= 0.6 is 15.9 Å². The molecular formula is C15H14BrFO3. The van der Waals surface area contributed by atoms with E-state index >= 15 is 0 Å². The lowest BCUT2D eigenvalue weighted by Crippen LogP contribution is -2.01. The van der Waals surface area contributed by atoms with Gasteiger partial charge in [-0.1, -0.05) is 6.07 Å². The van der Waals surface area contributed by atoms with Crippen LogP contribution in [0.4, 0.5) is 4.39 Å². The first-order valence-electron chi connectivity index (χ1n) is 5.91. The molecule has 0 aliphatic heterocycles. The molecule has 0 spiro atoms. The molecular weight excluding hydrogens is 327 g/mol. The molecule has 0 saturated carbocycles. The van der Waals surface area contributed by atoms with E-state index in [4.69, 9.17) is 9.47 Å². The minimum Gasteiger partial charge on any atom is -0.497 e. The Balaban J connectivity index is 2.41. The first kappa shape index (κ1) is 14.8. The third-order valence-corrected chi connectivity index (χ3v) is 3.59. The van der Waals surface area contributed by atoms with Gasteiger partial charge in [-0.2, -0.15) is 0 Å². The van der Waals surface area contributed by atoms with Gasteiger partial charge >= 0.3 is 0 Å². The van der Waals surface area contributed by atoms with E-state index < -0.39 is 11.9 Å². The summed E-state index contributed by atoms with van der Waals surface area (Å²) in [5.41, 5.74) is 1.03. The van der Waals surface area contributed by atoms with Crippen LogP contribution in [0.3, 0.4) is 0 Å². The van der Waals surface area contributed by atoms with Crippen LogP contribution in [-0.2, 0) is 0 Å². The summed E-state index contributed by atoms with van der Waals surface area (Å²) < 4.78 is 24.2. The van der Waals surface area contributed by atoms with E-state index in [1.165, 1.54) is 20.3 Å². The van der Waals surface area contributed by atoms with Gasteiger partial charge in [0, 0.05) is 6.07 Å². The summed E-state index contributed by atoms with van der Waals surface area (Å²) in [4.78, 5) is 0. The van der Waals surface area contributed by atoms with Gasteiger partial charge in [0.25, 0.3) is 0 Å². The van der Waals surface area contributed by atoms with Crippen molar-refractivity contribution in [2.24, 2.45) is 0 Å². The molecule has 20 heavy (non-hydrogen) atoms. The van der Waals surface area contributed by atoms with Gasteiger partial charge in [0.05, 0.1) is 18.7 Å². The van der Waals surface area contributed by atoms with Crippen molar-refractivity contribution in [3.63, 3.8) is 0 Å². The molecule has 0 bridgehead atoms. The van der Waals surface area contributed by atoms with Crippen molar-refractivity contribution in [3.8, 4) is 11.5 Å². The molecule has 1 N–H and O–H groups in total. The molecule has 0 amide bonds. The average molecular weight is 341 g/mol. The highest BCUT2D eigenvalue weighted by Gasteiger charge is 2.14. The van der Waals surface area contributed by atoms with Gasteiger partial charge in [0.1, 0.15) is 23.4 Å². The van der Waals surface area contributed by atoms with Gasteiger partial charge < -0.3 is 14.6 Å². The Morgan fingerprint density at radius 1 is 1.00 bits per heavy atom. The zero-order valence-corrected chi connectivity index (χ0v) is 12.6. The van der Waals surface area contributed by atoms with Gasteiger partial charge in [-0.25, -0.2) is 4.39 Å². The van der Waals surface area contributed by atoms with E-state index in [9.17, 15) is 9.50 Å². The van der Waals surface area contributed by atoms with E-state index in [0.29, 0.717) is 27.1 Å². The van der Waals surface area contributed by atoms with Crippen LogP contribution in [0.25, 0.3) is 0 Å². The Labute approximate surface area is 125 Å². The van der Waals surface area contributed by atoms with Gasteiger partial charge in [0.2, 0.25) is 0 Å². The smallest absolute Gasteiger partial charge is 0.137 e. The summed E-state index contributed by atoms with van der Waals surface area (Å²) in [5, 5.41) is 10.4. The second-order valence-corrected chi connectivity index (χ2v) is 5.08. The molecule has 0 aliphatic carbocycles. The van der Waals surface area contributed by atoms with Gasteiger partial charge in [-0.3, -0.25) is 0 Å². The Kier molecular flexibility index (Phi) is 4.62. The van der Waals surface area contributed by atoms with Crippen LogP contribution in [0.15, 0.2) is 40.9 Å². The fourth-order valence-electron chi connectivity index (χ4n) is 1.86. The molecule has 106 valence electrons. The van der Waals surface area contributed by atoms with Crippen molar-refractivity contribution >= 4 is 15.9 Å². The van der Waals surface area contributed by atoms with Crippen LogP contribution in [-0.4, -0.2) is 19.3 Å². The van der Waals surface area contributed by atoms with E-state index in [-0.39, 0.29) is 0 Å². The Hall–Kier alpha value is -1.59. The minimum atomic E-state index is -0.957. The van der Waals surface area contributed by atoms with Crippen LogP contribution in [0, 0.1) is 5.82 Å². The molecule has 0 aromatic heterocycles. The summed E-state index contributed by atoms with van der Waals surface area (Å²) in [6, 6.07) is 9.59. The predicted molar refractivity (Wildman–Crippen MR) is 77.7 cm³/mol. The van der Waals surface area contributed by atoms with Crippen LogP contribution in [0.5, 0.6) is 11.5 Å². The van der Waals surface area contributed by atoms with Crippen molar-refractivity contribution in [2.75, 3.05) is 14.2 Å². The Morgan fingerprint density at radius 3 is 2.10 bits per heavy atom. The summed E-state index contributed by atoms with van der Waals surface area (Å²) in [6.45, 7) is 0. The number of benzene rings is 2. The number of rotatable bonds is 4. The van der Waals surface area contributed by atoms with Gasteiger partial charge in [-0.05, 0) is 51.3 Å². The molecule has 0 aliphatic rings. The number of aliphatic hydroxyl groups is 1. The number of aliphatic hydroxyl groups excluding tert-OH is 1. The van der Waals surface area contributed by atoms with E-state index in [1.54, 1.807) is 30.3 Å². The number of halogens is 2. The molecule has 1 atom stereocenters. The topological polar surface area (TPSA) is 38.7 Å². The number of ether oxygens (including phenoxy) is 2. The molecule has 5 heteroatoms. The summed E-state index contributed by atoms with van der Waals surface area (Å²) in [6.07, 6.45) is -0.957. The Morgan fingerprint density at radius 2 is 1.60 bits per heavy atom. The van der Waals surface area contributed by atoms with Crippen LogP contribution < -0.4 is 9.47 Å². The van der Waals surface area contributed by atoms with Crippen molar-refractivity contribution in [1.82, 2.24) is 0 Å². The normalized spacial score (nSPS) is 12.1. The average Bonchev–Trinajstić information content (AvgIpc) is 2.48. The zero-order valence-electron chi connectivity index (χ0n) is 11.1. The highest BCUT2D eigenvalue weighted by atomic mass is 79.9. The lowest BCUT2D eigenvalue weighted by Gasteiger charge is -2.14. The van der Waals surface area contributed by atoms with Gasteiger partial charge in [-0.15, -0.1) is 0 Å². The largest absolute Gasteiger partial charge is 0.497 e. The third kappa shape index (κ3) is 3.11. The maximum absolute atomic E-state index is 13.5. The molecule has 0 fully saturated rings. The lowest BCUT2D eigenvalue weighted by molar-refractivity contribution is 0.218. The van der Waals surface area contributed by atoms with Crippen molar-refractivity contribution in [3.05, 3.63) is 57.8 Å². The standard InChI is InChI=1S/C15H14BrFO3/c1-19-11-5-10(6-12(8-11)20-2)15(18)9-3-4-13(16)14(17)7-9/h3-8,15,18H,1-2H3. The molecule has 0 saturated heterocycles. The lowest BCUT2D eigenvalue weighted by atomic mass is 10.0. The van der Waals surface area contributed by atoms with Crippen molar-refractivity contribution < 1.29 is 19.0 Å². The molecule has 3 nitrogen and oxygen atoms in total. The highest BCUT2D eigenvalue weighted by Crippen LogP contribution is 2.31. The zero-order chi connectivity index (χ0) is 14.7. The SMILES string of the molecule is COc1cc(OC)cc(C(O)c2ccc(Br)c(F)c2)c1. The third-order valence-electron chi connectivity index (χ3n) is 2.95. The highest BCUT2D eigenvalue weighted by molar-refractivity contribution is 9.10. The second-order valence-electron chi connectivity index (χ2n) is 4.22. The monoisotopic (exact) mass is 340 g/mol. The van der Waals surface area contributed by atoms with Crippen LogP contribution in [0.1, 0.15) is 17.2 Å². The van der Waals surface area contributed by atoms with E-state index in [2.05, 4.69) is 15.9 Å². The maximum atomic E-state index is 13.5. The number of hydrogen-bond donors (Lipinski definition) is 1. The quantitative estimate of drug-likeness (QED) is 0.922. The van der Waals surface area contributed by atoms with Gasteiger partial charge in [0.15, 0.2) is 0 Å². The maximum Gasteiger partial charge on any atom is 0.137 e. The molecule has 0 heterocycles. The van der Waals surface area contributed by atoms with Crippen molar-refractivity contribution in [1.29, 1.82) is 0 Å². The summed E-state index contributed by atoms with van der Waals surface area (Å²) >= 11 is 3.08. The fraction of sp³-hybridized carbons (Fsp3) is 0.200. The van der Waals surface area contributed by atoms with E-state index in [1.807, 2.05) is 0 Å². The second kappa shape index (κ2) is 6.24. The summed E-state index contributed by atoms with van der Waals surface area (Å²) in [5.74, 6) is 0.711.